The van der Waals surface area contributed by atoms with Crippen LogP contribution < -0.4 is 5.32 Å². The third-order valence-corrected chi connectivity index (χ3v) is 7.90. The largest absolute Gasteiger partial charge is 0.353 e. The van der Waals surface area contributed by atoms with Crippen LogP contribution in [0.15, 0.2) is 42.5 Å². The van der Waals surface area contributed by atoms with Crippen LogP contribution in [0.2, 0.25) is 10.0 Å². The van der Waals surface area contributed by atoms with Crippen LogP contribution >= 0.6 is 35.0 Å². The Labute approximate surface area is 207 Å². The predicted octanol–water partition coefficient (Wildman–Crippen LogP) is 4.99. The average Bonchev–Trinajstić information content (AvgIpc) is 3.25. The van der Waals surface area contributed by atoms with Crippen molar-refractivity contribution >= 4 is 46.8 Å². The molecule has 0 aliphatic carbocycles. The molecule has 33 heavy (non-hydrogen) atoms. The summed E-state index contributed by atoms with van der Waals surface area (Å²) in [5.74, 6) is -0.462. The van der Waals surface area contributed by atoms with E-state index >= 15 is 0 Å². The minimum absolute atomic E-state index is 0.192. The van der Waals surface area contributed by atoms with Gasteiger partial charge in [0, 0.05) is 23.9 Å². The number of halogens is 3. The van der Waals surface area contributed by atoms with Crippen molar-refractivity contribution in [3.8, 4) is 0 Å². The summed E-state index contributed by atoms with van der Waals surface area (Å²) < 4.78 is 13.5. The molecule has 1 N–H and O–H groups in total. The van der Waals surface area contributed by atoms with Crippen molar-refractivity contribution in [2.45, 2.75) is 30.7 Å². The lowest BCUT2D eigenvalue weighted by molar-refractivity contribution is -0.124. The number of benzene rings is 2. The summed E-state index contributed by atoms with van der Waals surface area (Å²) in [7, 11) is 0. The fourth-order valence-electron chi connectivity index (χ4n) is 4.28. The van der Waals surface area contributed by atoms with Gasteiger partial charge in [-0.25, -0.2) is 4.39 Å². The number of piperidine rings is 1. The molecule has 0 saturated carbocycles. The normalized spacial score (nSPS) is 21.2. The predicted molar refractivity (Wildman–Crippen MR) is 131 cm³/mol. The zero-order chi connectivity index (χ0) is 23.4. The summed E-state index contributed by atoms with van der Waals surface area (Å²) in [6.07, 6.45) is 3.64. The molecule has 2 aromatic rings. The lowest BCUT2D eigenvalue weighted by Crippen LogP contribution is -2.49. The second-order valence-electron chi connectivity index (χ2n) is 8.28. The summed E-state index contributed by atoms with van der Waals surface area (Å²) in [6, 6.07) is 10.0. The molecule has 9 heteroatoms. The number of carbonyl (C=O) groups excluding carboxylic acids is 2. The van der Waals surface area contributed by atoms with E-state index in [0.717, 1.165) is 25.2 Å². The number of carbonyl (C=O) groups is 2. The van der Waals surface area contributed by atoms with Crippen LogP contribution in [0, 0.1) is 5.82 Å². The van der Waals surface area contributed by atoms with E-state index in [1.165, 1.54) is 49.2 Å². The van der Waals surface area contributed by atoms with E-state index in [-0.39, 0.29) is 28.2 Å². The fourth-order valence-corrected chi connectivity index (χ4v) is 6.20. The van der Waals surface area contributed by atoms with E-state index in [1.807, 2.05) is 0 Å². The Morgan fingerprint density at radius 3 is 2.48 bits per heavy atom. The maximum absolute atomic E-state index is 13.6. The second-order valence-corrected chi connectivity index (χ2v) is 10.2. The first-order valence-corrected chi connectivity index (χ1v) is 12.9. The first-order chi connectivity index (χ1) is 15.9. The molecule has 2 aromatic carbocycles. The number of rotatable bonds is 6. The van der Waals surface area contributed by atoms with E-state index in [1.54, 1.807) is 29.2 Å². The molecule has 4 rings (SSSR count). The molecule has 2 aliphatic rings. The Morgan fingerprint density at radius 2 is 1.79 bits per heavy atom. The SMILES string of the molecule is O=C(NCCN1CCCCC1)C1CSC(c2ccc(F)cc2)N1C(=O)c1ccc(Cl)cc1Cl. The molecule has 2 atom stereocenters. The van der Waals surface area contributed by atoms with E-state index in [2.05, 4.69) is 10.2 Å². The highest BCUT2D eigenvalue weighted by Crippen LogP contribution is 2.43. The Hall–Kier alpha value is -1.80. The maximum atomic E-state index is 13.6. The Morgan fingerprint density at radius 1 is 1.06 bits per heavy atom. The summed E-state index contributed by atoms with van der Waals surface area (Å²) in [6.45, 7) is 3.44. The summed E-state index contributed by atoms with van der Waals surface area (Å²) in [4.78, 5) is 30.7. The Bertz CT molecular complexity index is 1000. The maximum Gasteiger partial charge on any atom is 0.257 e. The van der Waals surface area contributed by atoms with Crippen molar-refractivity contribution in [3.63, 3.8) is 0 Å². The van der Waals surface area contributed by atoms with Crippen LogP contribution in [0.3, 0.4) is 0 Å². The molecule has 5 nitrogen and oxygen atoms in total. The second kappa shape index (κ2) is 11.1. The summed E-state index contributed by atoms with van der Waals surface area (Å²) >= 11 is 13.8. The minimum Gasteiger partial charge on any atom is -0.353 e. The molecule has 0 spiro atoms. The number of hydrogen-bond acceptors (Lipinski definition) is 4. The number of thioether (sulfide) groups is 1. The molecular formula is C24H26Cl2FN3O2S. The number of likely N-dealkylation sites (tertiary alicyclic amines) is 1. The van der Waals surface area contributed by atoms with Gasteiger partial charge in [-0.05, 0) is 61.8 Å². The Kier molecular flexibility index (Phi) is 8.17. The topological polar surface area (TPSA) is 52.7 Å². The van der Waals surface area contributed by atoms with Crippen LogP contribution in [0.1, 0.15) is 40.6 Å². The molecule has 0 radical (unpaired) electrons. The number of amides is 2. The van der Waals surface area contributed by atoms with Crippen molar-refractivity contribution in [1.29, 1.82) is 0 Å². The monoisotopic (exact) mass is 509 g/mol. The van der Waals surface area contributed by atoms with Gasteiger partial charge in [0.1, 0.15) is 17.2 Å². The highest BCUT2D eigenvalue weighted by Gasteiger charge is 2.43. The fraction of sp³-hybridized carbons (Fsp3) is 0.417. The van der Waals surface area contributed by atoms with E-state index in [9.17, 15) is 14.0 Å². The van der Waals surface area contributed by atoms with Crippen molar-refractivity contribution in [2.75, 3.05) is 31.9 Å². The number of nitrogens with zero attached hydrogens (tertiary/aromatic N) is 2. The minimum atomic E-state index is -0.661. The average molecular weight is 510 g/mol. The molecule has 0 aromatic heterocycles. The standard InChI is InChI=1S/C24H26Cl2FN3O2S/c25-17-6-9-19(20(26)14-17)23(32)30-21(15-33-24(30)16-4-7-18(27)8-5-16)22(31)28-10-13-29-11-2-1-3-12-29/h4-9,14,21,24H,1-3,10-13,15H2,(H,28,31). The first kappa shape index (κ1) is 24.3. The van der Waals surface area contributed by atoms with Crippen molar-refractivity contribution in [3.05, 3.63) is 69.5 Å². The van der Waals surface area contributed by atoms with Gasteiger partial charge < -0.3 is 15.1 Å². The van der Waals surface area contributed by atoms with Gasteiger partial charge >= 0.3 is 0 Å². The lowest BCUT2D eigenvalue weighted by atomic mass is 10.1. The van der Waals surface area contributed by atoms with Crippen LogP contribution in [-0.2, 0) is 4.79 Å². The molecule has 176 valence electrons. The van der Waals surface area contributed by atoms with Crippen molar-refractivity contribution in [1.82, 2.24) is 15.1 Å². The van der Waals surface area contributed by atoms with Gasteiger partial charge in [0.05, 0.1) is 10.6 Å². The van der Waals surface area contributed by atoms with Gasteiger partial charge in [0.25, 0.3) is 5.91 Å². The van der Waals surface area contributed by atoms with Crippen LogP contribution in [0.25, 0.3) is 0 Å². The molecule has 2 aliphatic heterocycles. The number of nitrogens with one attached hydrogen (secondary N) is 1. The van der Waals surface area contributed by atoms with Gasteiger partial charge in [-0.1, -0.05) is 41.8 Å². The quantitative estimate of drug-likeness (QED) is 0.595. The molecule has 2 unspecified atom stereocenters. The molecule has 2 saturated heterocycles. The van der Waals surface area contributed by atoms with Crippen LogP contribution in [0.5, 0.6) is 0 Å². The van der Waals surface area contributed by atoms with Crippen molar-refractivity contribution < 1.29 is 14.0 Å². The highest BCUT2D eigenvalue weighted by molar-refractivity contribution is 7.99. The van der Waals surface area contributed by atoms with Crippen LogP contribution in [-0.4, -0.2) is 59.6 Å². The third-order valence-electron chi connectivity index (χ3n) is 6.03. The molecular weight excluding hydrogens is 484 g/mol. The first-order valence-electron chi connectivity index (χ1n) is 11.1. The highest BCUT2D eigenvalue weighted by atomic mass is 35.5. The van der Waals surface area contributed by atoms with E-state index in [4.69, 9.17) is 23.2 Å². The molecule has 2 heterocycles. The van der Waals surface area contributed by atoms with Crippen LogP contribution in [0.4, 0.5) is 4.39 Å². The zero-order valence-electron chi connectivity index (χ0n) is 18.1. The Balaban J connectivity index is 1.53. The number of hydrogen-bond donors (Lipinski definition) is 1. The smallest absolute Gasteiger partial charge is 0.257 e. The summed E-state index contributed by atoms with van der Waals surface area (Å²) in [5.41, 5.74) is 1.03. The van der Waals surface area contributed by atoms with E-state index < -0.39 is 11.4 Å². The molecule has 2 fully saturated rings. The van der Waals surface area contributed by atoms with Gasteiger partial charge in [0.15, 0.2) is 0 Å². The summed E-state index contributed by atoms with van der Waals surface area (Å²) in [5, 5.41) is 3.24. The van der Waals surface area contributed by atoms with Gasteiger partial charge in [-0.3, -0.25) is 9.59 Å². The van der Waals surface area contributed by atoms with Gasteiger partial charge in [0.2, 0.25) is 5.91 Å². The lowest BCUT2D eigenvalue weighted by Gasteiger charge is -2.30. The van der Waals surface area contributed by atoms with Crippen molar-refractivity contribution in [2.24, 2.45) is 0 Å². The van der Waals surface area contributed by atoms with Gasteiger partial charge in [-0.2, -0.15) is 0 Å². The molecule has 0 bridgehead atoms. The van der Waals surface area contributed by atoms with Gasteiger partial charge in [-0.15, -0.1) is 11.8 Å². The molecule has 2 amide bonds. The zero-order valence-corrected chi connectivity index (χ0v) is 20.4. The third kappa shape index (κ3) is 5.83. The van der Waals surface area contributed by atoms with E-state index in [0.29, 0.717) is 17.3 Å².